The minimum atomic E-state index is -0.340. The van der Waals surface area contributed by atoms with Gasteiger partial charge in [0, 0.05) is 6.42 Å². The maximum Gasteiger partial charge on any atom is 0.173 e. The summed E-state index contributed by atoms with van der Waals surface area (Å²) in [6.45, 7) is 1.83. The second-order valence-corrected chi connectivity index (χ2v) is 3.72. The largest absolute Gasteiger partial charge is 0.482 e. The van der Waals surface area contributed by atoms with Crippen LogP contribution in [0.25, 0.3) is 0 Å². The normalized spacial score (nSPS) is 19.2. The first-order valence-electron chi connectivity index (χ1n) is 5.18. The molecule has 80 valence electrons. The topological polar surface area (TPSA) is 26.3 Å². The zero-order valence-corrected chi connectivity index (χ0v) is 8.63. The number of rotatable bonds is 2. The molecule has 1 heterocycles. The predicted octanol–water partition coefficient (Wildman–Crippen LogP) is 2.50. The van der Waals surface area contributed by atoms with Gasteiger partial charge in [-0.3, -0.25) is 4.79 Å². The van der Waals surface area contributed by atoms with E-state index in [-0.39, 0.29) is 17.7 Å². The van der Waals surface area contributed by atoms with Gasteiger partial charge in [0.2, 0.25) is 0 Å². The molecule has 0 spiro atoms. The van der Waals surface area contributed by atoms with Crippen LogP contribution in [0.1, 0.15) is 25.3 Å². The molecule has 1 atom stereocenters. The van der Waals surface area contributed by atoms with Crippen molar-refractivity contribution in [1.29, 1.82) is 0 Å². The molecule has 1 aliphatic heterocycles. The molecule has 1 aromatic rings. The molecule has 2 rings (SSSR count). The highest BCUT2D eigenvalue weighted by atomic mass is 19.1. The van der Waals surface area contributed by atoms with Crippen LogP contribution in [0.15, 0.2) is 18.2 Å². The van der Waals surface area contributed by atoms with Crippen LogP contribution < -0.4 is 4.74 Å². The molecule has 0 fully saturated rings. The molecule has 2 nitrogen and oxygen atoms in total. The number of ketones is 1. The second-order valence-electron chi connectivity index (χ2n) is 3.72. The minimum absolute atomic E-state index is 0.116. The summed E-state index contributed by atoms with van der Waals surface area (Å²) in [6.07, 6.45) is 1.52. The van der Waals surface area contributed by atoms with Crippen molar-refractivity contribution in [2.45, 2.75) is 32.3 Å². The van der Waals surface area contributed by atoms with E-state index in [4.69, 9.17) is 4.74 Å². The van der Waals surface area contributed by atoms with E-state index < -0.39 is 0 Å². The van der Waals surface area contributed by atoms with E-state index in [1.165, 1.54) is 12.1 Å². The van der Waals surface area contributed by atoms with Crippen molar-refractivity contribution in [3.8, 4) is 5.75 Å². The van der Waals surface area contributed by atoms with Crippen LogP contribution >= 0.6 is 0 Å². The maximum atomic E-state index is 12.9. The van der Waals surface area contributed by atoms with Gasteiger partial charge in [-0.1, -0.05) is 6.92 Å². The Bertz CT molecular complexity index is 387. The van der Waals surface area contributed by atoms with Gasteiger partial charge in [0.1, 0.15) is 11.6 Å². The molecular weight excluding hydrogens is 195 g/mol. The third-order valence-corrected chi connectivity index (χ3v) is 2.68. The fraction of sp³-hybridized carbons (Fsp3) is 0.417. The van der Waals surface area contributed by atoms with E-state index in [1.807, 2.05) is 6.92 Å². The Morgan fingerprint density at radius 1 is 1.60 bits per heavy atom. The summed E-state index contributed by atoms with van der Waals surface area (Å²) in [7, 11) is 0. The number of carbonyl (C=O) groups excluding carboxylic acids is 1. The fourth-order valence-corrected chi connectivity index (χ4v) is 1.81. The zero-order valence-electron chi connectivity index (χ0n) is 8.63. The lowest BCUT2D eigenvalue weighted by Crippen LogP contribution is -2.30. The van der Waals surface area contributed by atoms with E-state index in [2.05, 4.69) is 0 Å². The molecule has 1 aromatic carbocycles. The van der Waals surface area contributed by atoms with Gasteiger partial charge in [-0.25, -0.2) is 4.39 Å². The number of hydrogen-bond donors (Lipinski definition) is 0. The number of fused-ring (bicyclic) bond motifs is 1. The monoisotopic (exact) mass is 208 g/mol. The summed E-state index contributed by atoms with van der Waals surface area (Å²) in [5.74, 6) is 0.511. The third kappa shape index (κ3) is 2.01. The van der Waals surface area contributed by atoms with Crippen LogP contribution in [-0.2, 0) is 11.2 Å². The molecule has 1 unspecified atom stereocenters. The van der Waals surface area contributed by atoms with Crippen molar-refractivity contribution < 1.29 is 13.9 Å². The van der Waals surface area contributed by atoms with Crippen LogP contribution in [0.4, 0.5) is 4.39 Å². The summed E-state index contributed by atoms with van der Waals surface area (Å²) >= 11 is 0. The van der Waals surface area contributed by atoms with Gasteiger partial charge >= 0.3 is 0 Å². The lowest BCUT2D eigenvalue weighted by Gasteiger charge is -2.24. The van der Waals surface area contributed by atoms with Gasteiger partial charge < -0.3 is 4.74 Å². The quantitative estimate of drug-likeness (QED) is 0.746. The number of Topliss-reactive ketones (excluding diaryl/α,β-unsaturated/α-hetero) is 1. The van der Waals surface area contributed by atoms with Crippen molar-refractivity contribution in [3.05, 3.63) is 29.6 Å². The summed E-state index contributed by atoms with van der Waals surface area (Å²) < 4.78 is 18.4. The Morgan fingerprint density at radius 3 is 3.13 bits per heavy atom. The Balaban J connectivity index is 2.20. The number of aryl methyl sites for hydroxylation is 1. The minimum Gasteiger partial charge on any atom is -0.482 e. The van der Waals surface area contributed by atoms with Crippen LogP contribution in [0.5, 0.6) is 5.75 Å². The standard InChI is InChI=1S/C12H13FO2/c1-2-10(14)12-5-3-8-7-9(13)4-6-11(8)15-12/h4,6-7,12H,2-3,5H2,1H3. The molecule has 0 aromatic heterocycles. The summed E-state index contributed by atoms with van der Waals surface area (Å²) in [6, 6.07) is 4.43. The maximum absolute atomic E-state index is 12.9. The number of halogens is 1. The number of ether oxygens (including phenoxy) is 1. The third-order valence-electron chi connectivity index (χ3n) is 2.68. The van der Waals surface area contributed by atoms with Gasteiger partial charge in [0.25, 0.3) is 0 Å². The first kappa shape index (κ1) is 10.1. The number of benzene rings is 1. The highest BCUT2D eigenvalue weighted by Crippen LogP contribution is 2.28. The molecule has 0 N–H and O–H groups in total. The number of hydrogen-bond acceptors (Lipinski definition) is 2. The smallest absolute Gasteiger partial charge is 0.173 e. The molecule has 0 bridgehead atoms. The van der Waals surface area contributed by atoms with Crippen molar-refractivity contribution in [2.75, 3.05) is 0 Å². The van der Waals surface area contributed by atoms with Crippen LogP contribution in [-0.4, -0.2) is 11.9 Å². The molecule has 15 heavy (non-hydrogen) atoms. The molecule has 1 aliphatic rings. The lowest BCUT2D eigenvalue weighted by atomic mass is 9.99. The summed E-state index contributed by atoms with van der Waals surface area (Å²) in [5.41, 5.74) is 0.857. The van der Waals surface area contributed by atoms with Gasteiger partial charge in [0.15, 0.2) is 11.9 Å². The van der Waals surface area contributed by atoms with Crippen LogP contribution in [0.3, 0.4) is 0 Å². The molecular formula is C12H13FO2. The van der Waals surface area contributed by atoms with Gasteiger partial charge in [-0.15, -0.1) is 0 Å². The highest BCUT2D eigenvalue weighted by Gasteiger charge is 2.24. The van der Waals surface area contributed by atoms with Gasteiger partial charge in [-0.05, 0) is 36.6 Å². The van der Waals surface area contributed by atoms with Crippen molar-refractivity contribution >= 4 is 5.78 Å². The molecule has 0 amide bonds. The van der Waals surface area contributed by atoms with Crippen LogP contribution in [0.2, 0.25) is 0 Å². The Kier molecular flexibility index (Phi) is 2.71. The zero-order chi connectivity index (χ0) is 10.8. The van der Waals surface area contributed by atoms with E-state index >= 15 is 0 Å². The summed E-state index contributed by atoms with van der Waals surface area (Å²) in [5, 5.41) is 0. The van der Waals surface area contributed by atoms with Crippen molar-refractivity contribution in [3.63, 3.8) is 0 Å². The Morgan fingerprint density at radius 2 is 2.40 bits per heavy atom. The Hall–Kier alpha value is -1.38. The highest BCUT2D eigenvalue weighted by molar-refractivity contribution is 5.83. The van der Waals surface area contributed by atoms with E-state index in [1.54, 1.807) is 6.07 Å². The Labute approximate surface area is 88.1 Å². The first-order valence-corrected chi connectivity index (χ1v) is 5.18. The molecule has 0 radical (unpaired) electrons. The SMILES string of the molecule is CCC(=O)C1CCc2cc(F)ccc2O1. The van der Waals surface area contributed by atoms with E-state index in [0.29, 0.717) is 25.0 Å². The first-order chi connectivity index (χ1) is 7.20. The van der Waals surface area contributed by atoms with E-state index in [0.717, 1.165) is 5.56 Å². The average molecular weight is 208 g/mol. The molecule has 3 heteroatoms. The molecule has 0 saturated carbocycles. The van der Waals surface area contributed by atoms with Crippen LogP contribution in [0, 0.1) is 5.82 Å². The van der Waals surface area contributed by atoms with Gasteiger partial charge in [0.05, 0.1) is 0 Å². The molecule has 0 aliphatic carbocycles. The predicted molar refractivity (Wildman–Crippen MR) is 54.4 cm³/mol. The lowest BCUT2D eigenvalue weighted by molar-refractivity contribution is -0.126. The van der Waals surface area contributed by atoms with Gasteiger partial charge in [-0.2, -0.15) is 0 Å². The summed E-state index contributed by atoms with van der Waals surface area (Å²) in [4.78, 5) is 11.4. The second kappa shape index (κ2) is 4.01. The van der Waals surface area contributed by atoms with Crippen molar-refractivity contribution in [1.82, 2.24) is 0 Å². The van der Waals surface area contributed by atoms with E-state index in [9.17, 15) is 9.18 Å². The fourth-order valence-electron chi connectivity index (χ4n) is 1.81. The molecule has 0 saturated heterocycles. The number of carbonyl (C=O) groups is 1. The average Bonchev–Trinajstić information content (AvgIpc) is 2.27. The van der Waals surface area contributed by atoms with Crippen molar-refractivity contribution in [2.24, 2.45) is 0 Å².